The van der Waals surface area contributed by atoms with Crippen LogP contribution in [0.2, 0.25) is 0 Å². The summed E-state index contributed by atoms with van der Waals surface area (Å²) >= 11 is 0. The molecule has 0 N–H and O–H groups in total. The Morgan fingerprint density at radius 1 is 0.595 bits per heavy atom. The highest BCUT2D eigenvalue weighted by atomic mass is 16.5. The Hall–Kier alpha value is -4.44. The van der Waals surface area contributed by atoms with E-state index in [9.17, 15) is 9.59 Å². The summed E-state index contributed by atoms with van der Waals surface area (Å²) in [6.45, 7) is 1.99. The maximum absolute atomic E-state index is 14.0. The van der Waals surface area contributed by atoms with Crippen LogP contribution in [0.25, 0.3) is 0 Å². The Morgan fingerprint density at radius 2 is 1.08 bits per heavy atom. The number of ether oxygens (including phenoxy) is 1. The molecule has 1 fully saturated rings. The van der Waals surface area contributed by atoms with Gasteiger partial charge in [0.05, 0.1) is 17.5 Å². The summed E-state index contributed by atoms with van der Waals surface area (Å²) in [4.78, 5) is 29.3. The summed E-state index contributed by atoms with van der Waals surface area (Å²) in [7, 11) is 0. The minimum Gasteiger partial charge on any atom is -0.457 e. The van der Waals surface area contributed by atoms with Gasteiger partial charge in [0.2, 0.25) is 11.8 Å². The fraction of sp³-hybridized carbons (Fsp3) is 0.152. The molecular weight excluding hydrogens is 458 g/mol. The lowest BCUT2D eigenvalue weighted by Gasteiger charge is -2.32. The zero-order chi connectivity index (χ0) is 25.4. The average Bonchev–Trinajstić information content (AvgIpc) is 3.21. The van der Waals surface area contributed by atoms with Crippen molar-refractivity contribution in [3.05, 3.63) is 138 Å². The van der Waals surface area contributed by atoms with Crippen LogP contribution in [0.4, 0.5) is 5.69 Å². The van der Waals surface area contributed by atoms with Crippen LogP contribution in [0.1, 0.15) is 28.5 Å². The van der Waals surface area contributed by atoms with Gasteiger partial charge in [0.15, 0.2) is 0 Å². The molecule has 2 amide bonds. The van der Waals surface area contributed by atoms with Gasteiger partial charge in [-0.2, -0.15) is 0 Å². The highest BCUT2D eigenvalue weighted by Crippen LogP contribution is 2.50. The molecule has 0 saturated carbocycles. The molecule has 0 unspecified atom stereocenters. The van der Waals surface area contributed by atoms with Crippen molar-refractivity contribution in [2.24, 2.45) is 11.8 Å². The van der Waals surface area contributed by atoms with E-state index in [1.807, 2.05) is 104 Å². The third-order valence-corrected chi connectivity index (χ3v) is 7.48. The molecule has 0 aromatic heterocycles. The Balaban J connectivity index is 1.35. The number of allylic oxidation sites excluding steroid dienone is 2. The largest absolute Gasteiger partial charge is 0.457 e. The zero-order valence-corrected chi connectivity index (χ0v) is 20.5. The lowest BCUT2D eigenvalue weighted by Crippen LogP contribution is -2.31. The second kappa shape index (κ2) is 9.55. The predicted molar refractivity (Wildman–Crippen MR) is 145 cm³/mol. The number of nitrogens with zero attached hydrogens (tertiary/aromatic N) is 1. The fourth-order valence-corrected chi connectivity index (χ4v) is 5.65. The van der Waals surface area contributed by atoms with Crippen LogP contribution in [0.15, 0.2) is 121 Å². The van der Waals surface area contributed by atoms with Crippen molar-refractivity contribution < 1.29 is 14.3 Å². The molecule has 4 aromatic rings. The van der Waals surface area contributed by atoms with Crippen LogP contribution in [-0.4, -0.2) is 11.8 Å². The first kappa shape index (κ1) is 23.0. The molecule has 4 nitrogen and oxygen atoms in total. The highest BCUT2D eigenvalue weighted by Gasteiger charge is 2.55. The number of aryl methyl sites for hydroxylation is 1. The van der Waals surface area contributed by atoms with Crippen LogP contribution in [0.5, 0.6) is 11.5 Å². The van der Waals surface area contributed by atoms with Gasteiger partial charge in [0, 0.05) is 11.8 Å². The number of fused-ring (bicyclic) bond motifs is 1. The van der Waals surface area contributed by atoms with E-state index < -0.39 is 11.8 Å². The van der Waals surface area contributed by atoms with Gasteiger partial charge in [-0.15, -0.1) is 0 Å². The summed E-state index contributed by atoms with van der Waals surface area (Å²) < 4.78 is 6.03. The van der Waals surface area contributed by atoms with E-state index in [4.69, 9.17) is 4.74 Å². The van der Waals surface area contributed by atoms with Crippen molar-refractivity contribution in [2.75, 3.05) is 4.90 Å². The van der Waals surface area contributed by atoms with Crippen molar-refractivity contribution in [3.8, 4) is 11.5 Å². The monoisotopic (exact) mass is 485 g/mol. The Bertz CT molecular complexity index is 1390. The third-order valence-electron chi connectivity index (χ3n) is 7.48. The molecule has 0 spiro atoms. The van der Waals surface area contributed by atoms with Crippen molar-refractivity contribution in [3.63, 3.8) is 0 Å². The van der Waals surface area contributed by atoms with E-state index in [2.05, 4.69) is 12.2 Å². The normalized spacial score (nSPS) is 22.7. The van der Waals surface area contributed by atoms with Crippen molar-refractivity contribution in [1.82, 2.24) is 0 Å². The number of para-hydroxylation sites is 1. The zero-order valence-electron chi connectivity index (χ0n) is 20.5. The summed E-state index contributed by atoms with van der Waals surface area (Å²) in [5.74, 6) is -0.116. The first-order valence-electron chi connectivity index (χ1n) is 12.6. The van der Waals surface area contributed by atoms with Crippen molar-refractivity contribution in [1.29, 1.82) is 0 Å². The Kier molecular flexibility index (Phi) is 5.93. The number of amides is 2. The van der Waals surface area contributed by atoms with Gasteiger partial charge < -0.3 is 4.74 Å². The smallest absolute Gasteiger partial charge is 0.238 e. The van der Waals surface area contributed by atoms with Crippen LogP contribution >= 0.6 is 0 Å². The number of hydrogen-bond acceptors (Lipinski definition) is 3. The molecule has 0 radical (unpaired) electrons. The second-order valence-electron chi connectivity index (χ2n) is 9.68. The van der Waals surface area contributed by atoms with Crippen molar-refractivity contribution in [2.45, 2.75) is 18.8 Å². The molecule has 1 aliphatic heterocycles. The number of anilines is 1. The number of rotatable bonds is 5. The highest BCUT2D eigenvalue weighted by molar-refractivity contribution is 6.23. The van der Waals surface area contributed by atoms with Crippen LogP contribution in [0, 0.1) is 18.8 Å². The van der Waals surface area contributed by atoms with Gasteiger partial charge in [-0.05, 0) is 53.9 Å². The first-order chi connectivity index (χ1) is 18.1. The fourth-order valence-electron chi connectivity index (χ4n) is 5.65. The molecular formula is C33H27NO3. The number of benzene rings is 4. The van der Waals surface area contributed by atoms with E-state index in [-0.39, 0.29) is 23.7 Å². The average molecular weight is 486 g/mol. The topological polar surface area (TPSA) is 46.6 Å². The lowest BCUT2D eigenvalue weighted by atomic mass is 9.68. The van der Waals surface area contributed by atoms with Gasteiger partial charge in [0.25, 0.3) is 0 Å². The summed E-state index contributed by atoms with van der Waals surface area (Å²) in [6, 6.07) is 35.0. The minimum absolute atomic E-state index is 0.151. The van der Waals surface area contributed by atoms with E-state index in [0.29, 0.717) is 11.4 Å². The van der Waals surface area contributed by atoms with Crippen LogP contribution in [-0.2, 0) is 9.59 Å². The maximum atomic E-state index is 14.0. The first-order valence-corrected chi connectivity index (χ1v) is 12.6. The van der Waals surface area contributed by atoms with Crippen LogP contribution in [0.3, 0.4) is 0 Å². The quantitative estimate of drug-likeness (QED) is 0.225. The molecule has 1 aliphatic carbocycles. The SMILES string of the molecule is Cc1ccccc1Oc1ccc(N2C(=O)[C@H]3[C@H](C2=O)[C@H](c2ccccc2)C=C[C@@H]3c2ccccc2)cc1. The number of carbonyl (C=O) groups is 2. The summed E-state index contributed by atoms with van der Waals surface area (Å²) in [6.07, 6.45) is 4.23. The van der Waals surface area contributed by atoms with Gasteiger partial charge in [0.1, 0.15) is 11.5 Å². The maximum Gasteiger partial charge on any atom is 0.238 e. The standard InChI is InChI=1S/C33H27NO3/c1-22-10-8-9-15-29(22)37-26-18-16-25(17-19-26)34-32(35)30-27(23-11-4-2-5-12-23)20-21-28(31(30)33(34)36)24-13-6-3-7-14-24/h2-21,27-28,30-31H,1H3/t27-,28+,30-,31-/m1/s1. The van der Waals surface area contributed by atoms with Gasteiger partial charge in [-0.1, -0.05) is 91.0 Å². The number of imide groups is 1. The molecule has 6 rings (SSSR count). The van der Waals surface area contributed by atoms with E-state index in [1.54, 1.807) is 12.1 Å². The Morgan fingerprint density at radius 3 is 1.59 bits per heavy atom. The van der Waals surface area contributed by atoms with Crippen LogP contribution < -0.4 is 9.64 Å². The van der Waals surface area contributed by atoms with E-state index in [0.717, 1.165) is 22.4 Å². The molecule has 0 bridgehead atoms. The third kappa shape index (κ3) is 4.15. The molecule has 1 saturated heterocycles. The molecule has 1 heterocycles. The van der Waals surface area contributed by atoms with Gasteiger partial charge in [-0.3, -0.25) is 9.59 Å². The number of carbonyl (C=O) groups excluding carboxylic acids is 2. The predicted octanol–water partition coefficient (Wildman–Crippen LogP) is 7.03. The van der Waals surface area contributed by atoms with E-state index in [1.165, 1.54) is 4.90 Å². The molecule has 2 aliphatic rings. The molecule has 37 heavy (non-hydrogen) atoms. The van der Waals surface area contributed by atoms with Gasteiger partial charge in [-0.25, -0.2) is 4.90 Å². The Labute approximate surface area is 216 Å². The molecule has 182 valence electrons. The van der Waals surface area contributed by atoms with Gasteiger partial charge >= 0.3 is 0 Å². The minimum atomic E-state index is -0.465. The van der Waals surface area contributed by atoms with Crippen molar-refractivity contribution >= 4 is 17.5 Å². The molecule has 4 aromatic carbocycles. The second-order valence-corrected chi connectivity index (χ2v) is 9.68. The van der Waals surface area contributed by atoms with E-state index >= 15 is 0 Å². The molecule has 4 atom stereocenters. The lowest BCUT2D eigenvalue weighted by molar-refractivity contribution is -0.122. The summed E-state index contributed by atoms with van der Waals surface area (Å²) in [5, 5.41) is 0. The summed E-state index contributed by atoms with van der Waals surface area (Å²) in [5.41, 5.74) is 3.70. The molecule has 4 heteroatoms. The number of hydrogen-bond donors (Lipinski definition) is 0.